The van der Waals surface area contributed by atoms with Crippen LogP contribution in [0.1, 0.15) is 44.6 Å². The normalized spacial score (nSPS) is 15.3. The van der Waals surface area contributed by atoms with Crippen LogP contribution in [0, 0.1) is 16.0 Å². The minimum absolute atomic E-state index is 0.00174. The van der Waals surface area contributed by atoms with Crippen molar-refractivity contribution in [3.63, 3.8) is 0 Å². The zero-order valence-electron chi connectivity index (χ0n) is 19.9. The van der Waals surface area contributed by atoms with Gasteiger partial charge in [-0.05, 0) is 74.6 Å². The Morgan fingerprint density at radius 3 is 2.57 bits per heavy atom. The van der Waals surface area contributed by atoms with E-state index in [0.29, 0.717) is 12.3 Å². The van der Waals surface area contributed by atoms with Gasteiger partial charge < -0.3 is 10.2 Å². The minimum atomic E-state index is -3.86. The van der Waals surface area contributed by atoms with Gasteiger partial charge in [-0.3, -0.25) is 14.9 Å². The van der Waals surface area contributed by atoms with E-state index in [1.807, 2.05) is 26.0 Å². The third-order valence-corrected chi connectivity index (χ3v) is 7.88. The summed E-state index contributed by atoms with van der Waals surface area (Å²) in [5.74, 6) is 0.347. The number of hydrogen-bond donors (Lipinski definition) is 2. The number of piperidine rings is 1. The maximum Gasteiger partial charge on any atom is 0.289 e. The van der Waals surface area contributed by atoms with Gasteiger partial charge in [0.15, 0.2) is 0 Å². The quantitative estimate of drug-likeness (QED) is 0.271. The Hall–Kier alpha value is -2.53. The number of nitrogens with one attached hydrogen (secondary N) is 2. The largest absolute Gasteiger partial charge is 0.326 e. The molecule has 0 aliphatic carbocycles. The Kier molecular flexibility index (Phi) is 9.23. The Morgan fingerprint density at radius 1 is 1.20 bits per heavy atom. The van der Waals surface area contributed by atoms with Crippen molar-refractivity contribution in [1.29, 1.82) is 0 Å². The second-order valence-corrected chi connectivity index (χ2v) is 11.2. The Bertz CT molecular complexity index is 1160. The highest BCUT2D eigenvalue weighted by Crippen LogP contribution is 2.30. The fourth-order valence-corrected chi connectivity index (χ4v) is 5.32. The summed E-state index contributed by atoms with van der Waals surface area (Å²) in [7, 11) is -3.86. The Balaban J connectivity index is 1.45. The highest BCUT2D eigenvalue weighted by atomic mass is 35.5. The number of sulfonamides is 1. The van der Waals surface area contributed by atoms with Crippen LogP contribution in [0.15, 0.2) is 47.4 Å². The number of carbonyl (C=O) groups excluding carboxylic acids is 1. The third-order valence-electron chi connectivity index (χ3n) is 6.11. The zero-order chi connectivity index (χ0) is 25.6. The lowest BCUT2D eigenvalue weighted by Gasteiger charge is -2.32. The van der Waals surface area contributed by atoms with Crippen LogP contribution >= 0.6 is 11.6 Å². The fraction of sp³-hybridized carbons (Fsp3) is 0.458. The first-order valence-electron chi connectivity index (χ1n) is 11.6. The van der Waals surface area contributed by atoms with Crippen LogP contribution in [-0.2, 0) is 14.8 Å². The zero-order valence-corrected chi connectivity index (χ0v) is 21.4. The van der Waals surface area contributed by atoms with E-state index < -0.39 is 20.6 Å². The first-order chi connectivity index (χ1) is 16.6. The number of anilines is 1. The lowest BCUT2D eigenvalue weighted by atomic mass is 9.89. The molecule has 2 N–H and O–H groups in total. The lowest BCUT2D eigenvalue weighted by Crippen LogP contribution is -2.35. The van der Waals surface area contributed by atoms with Crippen LogP contribution in [0.5, 0.6) is 0 Å². The number of amides is 1. The molecule has 2 aromatic rings. The molecule has 3 rings (SSSR count). The van der Waals surface area contributed by atoms with E-state index in [1.165, 1.54) is 17.7 Å². The molecule has 11 heteroatoms. The van der Waals surface area contributed by atoms with Gasteiger partial charge in [-0.1, -0.05) is 37.6 Å². The maximum atomic E-state index is 12.5. The van der Waals surface area contributed by atoms with Crippen molar-refractivity contribution in [1.82, 2.24) is 9.62 Å². The number of halogens is 1. The summed E-state index contributed by atoms with van der Waals surface area (Å²) in [5, 5.41) is 13.9. The number of benzene rings is 2. The molecule has 0 aromatic heterocycles. The molecular weight excluding hydrogens is 492 g/mol. The summed E-state index contributed by atoms with van der Waals surface area (Å²) < 4.78 is 27.5. The standard InChI is InChI=1S/C24H31ClN4O5S/c1-17(2)24(30)27-20-6-3-5-19(15-20)18-9-13-28(14-10-18)12-4-11-26-35(33,34)21-7-8-22(25)23(16-21)29(31)32/h3,5-8,15-18,26H,4,9-14H2,1-2H3,(H,27,30). The number of hydrogen-bond acceptors (Lipinski definition) is 6. The van der Waals surface area contributed by atoms with Gasteiger partial charge in [0.05, 0.1) is 9.82 Å². The van der Waals surface area contributed by atoms with Crippen molar-refractivity contribution in [2.45, 2.75) is 43.9 Å². The van der Waals surface area contributed by atoms with E-state index in [1.54, 1.807) is 0 Å². The van der Waals surface area contributed by atoms with Crippen molar-refractivity contribution < 1.29 is 18.1 Å². The van der Waals surface area contributed by atoms with Crippen LogP contribution in [0.2, 0.25) is 5.02 Å². The SMILES string of the molecule is CC(C)C(=O)Nc1cccc(C2CCN(CCCNS(=O)(=O)c3ccc(Cl)c([N+](=O)[O-])c3)CC2)c1. The van der Waals surface area contributed by atoms with Gasteiger partial charge >= 0.3 is 0 Å². The van der Waals surface area contributed by atoms with E-state index in [4.69, 9.17) is 11.6 Å². The predicted molar refractivity (Wildman–Crippen MR) is 136 cm³/mol. The molecule has 0 unspecified atom stereocenters. The van der Waals surface area contributed by atoms with E-state index in [-0.39, 0.29) is 28.3 Å². The summed E-state index contributed by atoms with van der Waals surface area (Å²) in [5.41, 5.74) is 1.60. The highest BCUT2D eigenvalue weighted by molar-refractivity contribution is 7.89. The Morgan fingerprint density at radius 2 is 1.91 bits per heavy atom. The second kappa shape index (κ2) is 11.9. The molecule has 9 nitrogen and oxygen atoms in total. The molecule has 1 aliphatic heterocycles. The van der Waals surface area contributed by atoms with Gasteiger partial charge in [-0.2, -0.15) is 0 Å². The summed E-state index contributed by atoms with van der Waals surface area (Å²) in [6, 6.07) is 11.5. The summed E-state index contributed by atoms with van der Waals surface area (Å²) in [4.78, 5) is 24.4. The molecule has 1 saturated heterocycles. The van der Waals surface area contributed by atoms with Crippen LogP contribution < -0.4 is 10.0 Å². The molecule has 1 heterocycles. The molecule has 35 heavy (non-hydrogen) atoms. The molecule has 0 atom stereocenters. The first kappa shape index (κ1) is 27.1. The van der Waals surface area contributed by atoms with Crippen LogP contribution in [0.3, 0.4) is 0 Å². The molecule has 0 radical (unpaired) electrons. The molecule has 2 aromatic carbocycles. The number of nitrogens with zero attached hydrogens (tertiary/aromatic N) is 2. The van der Waals surface area contributed by atoms with Crippen molar-refractivity contribution in [3.8, 4) is 0 Å². The third kappa shape index (κ3) is 7.47. The van der Waals surface area contributed by atoms with E-state index >= 15 is 0 Å². The number of likely N-dealkylation sites (tertiary alicyclic amines) is 1. The molecule has 190 valence electrons. The minimum Gasteiger partial charge on any atom is -0.326 e. The monoisotopic (exact) mass is 522 g/mol. The molecule has 0 saturated carbocycles. The van der Waals surface area contributed by atoms with E-state index in [2.05, 4.69) is 27.1 Å². The summed E-state index contributed by atoms with van der Waals surface area (Å²) in [6.45, 7) is 6.52. The fourth-order valence-electron chi connectivity index (χ4n) is 4.04. The molecular formula is C24H31ClN4O5S. The van der Waals surface area contributed by atoms with E-state index in [9.17, 15) is 23.3 Å². The predicted octanol–water partition coefficient (Wildman–Crippen LogP) is 4.39. The maximum absolute atomic E-state index is 12.5. The van der Waals surface area contributed by atoms with E-state index in [0.717, 1.165) is 44.2 Å². The molecule has 1 aliphatic rings. The van der Waals surface area contributed by atoms with Crippen LogP contribution in [0.25, 0.3) is 0 Å². The highest BCUT2D eigenvalue weighted by Gasteiger charge is 2.22. The van der Waals surface area contributed by atoms with Gasteiger partial charge in [0.25, 0.3) is 5.69 Å². The van der Waals surface area contributed by atoms with Gasteiger partial charge in [-0.25, -0.2) is 13.1 Å². The summed E-state index contributed by atoms with van der Waals surface area (Å²) >= 11 is 5.76. The van der Waals surface area contributed by atoms with Gasteiger partial charge in [-0.15, -0.1) is 0 Å². The van der Waals surface area contributed by atoms with Crippen LogP contribution in [0.4, 0.5) is 11.4 Å². The van der Waals surface area contributed by atoms with Gasteiger partial charge in [0.1, 0.15) is 5.02 Å². The molecule has 0 bridgehead atoms. The average Bonchev–Trinajstić information content (AvgIpc) is 2.82. The number of nitro groups is 1. The van der Waals surface area contributed by atoms with Crippen molar-refractivity contribution >= 4 is 38.9 Å². The number of nitro benzene ring substituents is 1. The van der Waals surface area contributed by atoms with Crippen molar-refractivity contribution in [3.05, 3.63) is 63.2 Å². The number of carbonyl (C=O) groups is 1. The van der Waals surface area contributed by atoms with Crippen molar-refractivity contribution in [2.75, 3.05) is 31.5 Å². The number of rotatable bonds is 10. The lowest BCUT2D eigenvalue weighted by molar-refractivity contribution is -0.384. The van der Waals surface area contributed by atoms with Gasteiger partial charge in [0, 0.05) is 24.2 Å². The first-order valence-corrected chi connectivity index (χ1v) is 13.5. The average molecular weight is 523 g/mol. The van der Waals surface area contributed by atoms with Crippen LogP contribution in [-0.4, -0.2) is 50.3 Å². The van der Waals surface area contributed by atoms with Crippen molar-refractivity contribution in [2.24, 2.45) is 5.92 Å². The topological polar surface area (TPSA) is 122 Å². The van der Waals surface area contributed by atoms with Gasteiger partial charge in [0.2, 0.25) is 15.9 Å². The molecule has 1 amide bonds. The molecule has 1 fully saturated rings. The molecule has 0 spiro atoms. The smallest absolute Gasteiger partial charge is 0.289 e. The summed E-state index contributed by atoms with van der Waals surface area (Å²) in [6.07, 6.45) is 2.60. The Labute approximate surface area is 211 Å². The second-order valence-electron chi connectivity index (χ2n) is 9.01.